The summed E-state index contributed by atoms with van der Waals surface area (Å²) >= 11 is 0. The van der Waals surface area contributed by atoms with Gasteiger partial charge in [0.05, 0.1) is 16.7 Å². The molecule has 3 rings (SSSR count). The van der Waals surface area contributed by atoms with Crippen molar-refractivity contribution in [3.05, 3.63) is 52.8 Å². The molecular weight excluding hydrogens is 318 g/mol. The van der Waals surface area contributed by atoms with E-state index in [-0.39, 0.29) is 5.91 Å². The lowest BCUT2D eigenvalue weighted by Crippen LogP contribution is -2.49. The fourth-order valence-corrected chi connectivity index (χ4v) is 3.72. The van der Waals surface area contributed by atoms with Crippen LogP contribution in [0.15, 0.2) is 30.3 Å². The number of likely N-dealkylation sites (tertiary alicyclic amines) is 1. The molecule has 1 fully saturated rings. The molecule has 0 radical (unpaired) electrons. The first-order valence-electron chi connectivity index (χ1n) is 8.45. The first kappa shape index (κ1) is 17.2. The zero-order valence-corrected chi connectivity index (χ0v) is 14.8. The molecule has 0 unspecified atom stereocenters. The van der Waals surface area contributed by atoms with Gasteiger partial charge in [0.1, 0.15) is 0 Å². The molecule has 25 heavy (non-hydrogen) atoms. The van der Waals surface area contributed by atoms with Crippen LogP contribution >= 0.6 is 0 Å². The number of aliphatic carboxylic acids is 1. The van der Waals surface area contributed by atoms with Crippen LogP contribution in [0, 0.1) is 13.8 Å². The Morgan fingerprint density at radius 2 is 1.72 bits per heavy atom. The van der Waals surface area contributed by atoms with Crippen LogP contribution < -0.4 is 0 Å². The standard InChI is InChI=1S/C19H23N3O3/c1-13-16(14(2)21(3)20-13)17(23)22-11-9-19(10-12-22,18(24)25)15-7-5-4-6-8-15/h4-8H,9-12H2,1-3H3,(H,24,25). The van der Waals surface area contributed by atoms with E-state index in [0.717, 1.165) is 11.3 Å². The minimum Gasteiger partial charge on any atom is -0.481 e. The number of carboxylic acids is 1. The maximum Gasteiger partial charge on any atom is 0.314 e. The van der Waals surface area contributed by atoms with E-state index in [4.69, 9.17) is 0 Å². The molecule has 132 valence electrons. The molecule has 2 heterocycles. The molecule has 1 aliphatic heterocycles. The first-order chi connectivity index (χ1) is 11.9. The molecule has 1 aromatic carbocycles. The normalized spacial score (nSPS) is 16.7. The SMILES string of the molecule is Cc1nn(C)c(C)c1C(=O)N1CCC(C(=O)O)(c2ccccc2)CC1. The van der Waals surface area contributed by atoms with E-state index >= 15 is 0 Å². The first-order valence-corrected chi connectivity index (χ1v) is 8.45. The number of carbonyl (C=O) groups is 2. The predicted octanol–water partition coefficient (Wildman–Crippen LogP) is 2.30. The van der Waals surface area contributed by atoms with E-state index in [1.54, 1.807) is 9.58 Å². The molecule has 0 spiro atoms. The number of rotatable bonds is 3. The Bertz CT molecular complexity index is 803. The number of aromatic nitrogens is 2. The summed E-state index contributed by atoms with van der Waals surface area (Å²) in [6.45, 7) is 4.56. The van der Waals surface area contributed by atoms with Gasteiger partial charge in [-0.1, -0.05) is 30.3 Å². The van der Waals surface area contributed by atoms with Gasteiger partial charge >= 0.3 is 5.97 Å². The third-order valence-electron chi connectivity index (χ3n) is 5.36. The number of carbonyl (C=O) groups excluding carboxylic acids is 1. The second-order valence-electron chi connectivity index (χ2n) is 6.71. The van der Waals surface area contributed by atoms with E-state index in [9.17, 15) is 14.7 Å². The molecule has 0 atom stereocenters. The Morgan fingerprint density at radius 1 is 1.12 bits per heavy atom. The number of nitrogens with zero attached hydrogens (tertiary/aromatic N) is 3. The van der Waals surface area contributed by atoms with Crippen LogP contribution in [0.1, 0.15) is 40.2 Å². The summed E-state index contributed by atoms with van der Waals surface area (Å²) in [6.07, 6.45) is 0.826. The number of hydrogen-bond acceptors (Lipinski definition) is 3. The quantitative estimate of drug-likeness (QED) is 0.929. The number of aryl methyl sites for hydroxylation is 2. The Morgan fingerprint density at radius 3 is 2.20 bits per heavy atom. The number of hydrogen-bond donors (Lipinski definition) is 1. The van der Waals surface area contributed by atoms with E-state index in [0.29, 0.717) is 37.2 Å². The third-order valence-corrected chi connectivity index (χ3v) is 5.36. The highest BCUT2D eigenvalue weighted by Gasteiger charge is 2.44. The smallest absolute Gasteiger partial charge is 0.314 e. The molecule has 1 aliphatic rings. The summed E-state index contributed by atoms with van der Waals surface area (Å²) in [5.74, 6) is -0.880. The molecular formula is C19H23N3O3. The fourth-order valence-electron chi connectivity index (χ4n) is 3.72. The Balaban J connectivity index is 1.83. The molecule has 1 saturated heterocycles. The average Bonchev–Trinajstić information content (AvgIpc) is 2.87. The lowest BCUT2D eigenvalue weighted by molar-refractivity contribution is -0.145. The number of amides is 1. The maximum atomic E-state index is 12.9. The second-order valence-corrected chi connectivity index (χ2v) is 6.71. The van der Waals surface area contributed by atoms with Gasteiger partial charge in [0.2, 0.25) is 0 Å². The minimum absolute atomic E-state index is 0.0600. The third kappa shape index (κ3) is 2.81. The summed E-state index contributed by atoms with van der Waals surface area (Å²) in [5, 5.41) is 14.2. The van der Waals surface area contributed by atoms with Crippen molar-refractivity contribution < 1.29 is 14.7 Å². The molecule has 6 heteroatoms. The summed E-state index contributed by atoms with van der Waals surface area (Å²) in [6, 6.07) is 9.33. The van der Waals surface area contributed by atoms with E-state index in [2.05, 4.69) is 5.10 Å². The van der Waals surface area contributed by atoms with Crippen molar-refractivity contribution in [3.8, 4) is 0 Å². The highest BCUT2D eigenvalue weighted by atomic mass is 16.4. The van der Waals surface area contributed by atoms with E-state index < -0.39 is 11.4 Å². The van der Waals surface area contributed by atoms with Gasteiger partial charge in [-0.15, -0.1) is 0 Å². The molecule has 1 N–H and O–H groups in total. The van der Waals surface area contributed by atoms with Crippen molar-refractivity contribution in [2.24, 2.45) is 7.05 Å². The largest absolute Gasteiger partial charge is 0.481 e. The fraction of sp³-hybridized carbons (Fsp3) is 0.421. The zero-order chi connectivity index (χ0) is 18.2. The molecule has 1 amide bonds. The summed E-state index contributed by atoms with van der Waals surface area (Å²) < 4.78 is 1.71. The van der Waals surface area contributed by atoms with Crippen molar-refractivity contribution in [1.82, 2.24) is 14.7 Å². The molecule has 0 saturated carbocycles. The highest BCUT2D eigenvalue weighted by molar-refractivity contribution is 5.96. The van der Waals surface area contributed by atoms with Crippen molar-refractivity contribution in [1.29, 1.82) is 0 Å². The van der Waals surface area contributed by atoms with E-state index in [1.165, 1.54) is 0 Å². The summed E-state index contributed by atoms with van der Waals surface area (Å²) in [7, 11) is 1.82. The van der Waals surface area contributed by atoms with Crippen molar-refractivity contribution in [2.75, 3.05) is 13.1 Å². The predicted molar refractivity (Wildman–Crippen MR) is 93.6 cm³/mol. The maximum absolute atomic E-state index is 12.9. The Kier molecular flexibility index (Phi) is 4.37. The summed E-state index contributed by atoms with van der Waals surface area (Å²) in [4.78, 5) is 26.7. The van der Waals surface area contributed by atoms with E-state index in [1.807, 2.05) is 51.2 Å². The molecule has 0 bridgehead atoms. The lowest BCUT2D eigenvalue weighted by atomic mass is 9.72. The van der Waals surface area contributed by atoms with Crippen LogP contribution in [0.2, 0.25) is 0 Å². The second kappa shape index (κ2) is 6.35. The Hall–Kier alpha value is -2.63. The van der Waals surface area contributed by atoms with Gasteiger partial charge in [-0.25, -0.2) is 0 Å². The van der Waals surface area contributed by atoms with Gasteiger partial charge in [0, 0.05) is 25.8 Å². The van der Waals surface area contributed by atoms with Crippen LogP contribution in [0.5, 0.6) is 0 Å². The zero-order valence-electron chi connectivity index (χ0n) is 14.8. The van der Waals surface area contributed by atoms with Crippen LogP contribution in [0.4, 0.5) is 0 Å². The van der Waals surface area contributed by atoms with Crippen LogP contribution in [0.3, 0.4) is 0 Å². The minimum atomic E-state index is -0.920. The molecule has 2 aromatic rings. The van der Waals surface area contributed by atoms with Gasteiger partial charge in [-0.2, -0.15) is 5.10 Å². The molecule has 0 aliphatic carbocycles. The van der Waals surface area contributed by atoms with Crippen molar-refractivity contribution in [3.63, 3.8) is 0 Å². The van der Waals surface area contributed by atoms with Gasteiger partial charge in [0.25, 0.3) is 5.91 Å². The van der Waals surface area contributed by atoms with Crippen LogP contribution in [-0.2, 0) is 17.3 Å². The number of carboxylic acid groups (broad SMARTS) is 1. The van der Waals surface area contributed by atoms with Gasteiger partial charge in [0.15, 0.2) is 0 Å². The Labute approximate surface area is 147 Å². The van der Waals surface area contributed by atoms with Gasteiger partial charge in [-0.05, 0) is 32.3 Å². The van der Waals surface area contributed by atoms with Crippen molar-refractivity contribution >= 4 is 11.9 Å². The summed E-state index contributed by atoms with van der Waals surface area (Å²) in [5.41, 5.74) is 2.06. The lowest BCUT2D eigenvalue weighted by Gasteiger charge is -2.39. The molecule has 6 nitrogen and oxygen atoms in total. The highest BCUT2D eigenvalue weighted by Crippen LogP contribution is 2.36. The topological polar surface area (TPSA) is 75.4 Å². The van der Waals surface area contributed by atoms with Gasteiger partial charge in [-0.3, -0.25) is 14.3 Å². The van der Waals surface area contributed by atoms with Crippen molar-refractivity contribution in [2.45, 2.75) is 32.1 Å². The van der Waals surface area contributed by atoms with Gasteiger partial charge < -0.3 is 10.0 Å². The molecule has 1 aromatic heterocycles. The number of benzene rings is 1. The monoisotopic (exact) mass is 341 g/mol. The number of piperidine rings is 1. The average molecular weight is 341 g/mol. The van der Waals surface area contributed by atoms with Crippen LogP contribution in [-0.4, -0.2) is 44.8 Å². The van der Waals surface area contributed by atoms with Crippen LogP contribution in [0.25, 0.3) is 0 Å².